The molecule has 0 radical (unpaired) electrons. The molecule has 4 aromatic carbocycles. The van der Waals surface area contributed by atoms with E-state index >= 15 is 0 Å². The average molecular weight is 636 g/mol. The number of hydrazone groups is 1. The fourth-order valence-electron chi connectivity index (χ4n) is 4.64. The van der Waals surface area contributed by atoms with E-state index in [1.807, 2.05) is 85.8 Å². The number of pyridine rings is 2. The lowest BCUT2D eigenvalue weighted by Gasteiger charge is -2.11. The van der Waals surface area contributed by atoms with Gasteiger partial charge in [-0.05, 0) is 84.3 Å². The molecule has 6 aromatic rings. The predicted octanol–water partition coefficient (Wildman–Crippen LogP) is 8.37. The number of ether oxygens (including phenoxy) is 1. The summed E-state index contributed by atoms with van der Waals surface area (Å²) in [5.74, 6) is 0.161. The Morgan fingerprint density at radius 2 is 1.71 bits per heavy atom. The molecule has 0 aliphatic carbocycles. The van der Waals surface area contributed by atoms with E-state index in [2.05, 4.69) is 55.7 Å². The molecule has 2 aromatic heterocycles. The third-order valence-corrected chi connectivity index (χ3v) is 7.52. The molecule has 0 fully saturated rings. The van der Waals surface area contributed by atoms with Crippen LogP contribution in [-0.2, 0) is 4.79 Å². The summed E-state index contributed by atoms with van der Waals surface area (Å²) in [4.78, 5) is 21.7. The van der Waals surface area contributed by atoms with Crippen LogP contribution in [-0.4, -0.2) is 28.7 Å². The summed E-state index contributed by atoms with van der Waals surface area (Å²) in [5.41, 5.74) is 9.90. The van der Waals surface area contributed by atoms with Gasteiger partial charge in [0.15, 0.2) is 6.61 Å². The monoisotopic (exact) mass is 634 g/mol. The number of aromatic nitrogens is 2. The van der Waals surface area contributed by atoms with Crippen molar-refractivity contribution >= 4 is 61.5 Å². The lowest BCUT2D eigenvalue weighted by atomic mass is 9.98. The van der Waals surface area contributed by atoms with E-state index in [4.69, 9.17) is 21.3 Å². The van der Waals surface area contributed by atoms with Crippen LogP contribution in [0.15, 0.2) is 113 Å². The number of hydrogen-bond donors (Lipinski definition) is 1. The highest BCUT2D eigenvalue weighted by molar-refractivity contribution is 9.10. The smallest absolute Gasteiger partial charge is 0.277 e. The van der Waals surface area contributed by atoms with Gasteiger partial charge >= 0.3 is 0 Å². The van der Waals surface area contributed by atoms with Crippen LogP contribution in [0.1, 0.15) is 11.1 Å². The normalized spacial score (nSPS) is 11.3. The summed E-state index contributed by atoms with van der Waals surface area (Å²) in [6.45, 7) is 1.81. The van der Waals surface area contributed by atoms with Crippen LogP contribution in [0, 0.1) is 6.92 Å². The van der Waals surface area contributed by atoms with Gasteiger partial charge in [0.2, 0.25) is 0 Å². The van der Waals surface area contributed by atoms with Gasteiger partial charge in [0.25, 0.3) is 5.91 Å². The zero-order valence-corrected chi connectivity index (χ0v) is 24.9. The van der Waals surface area contributed by atoms with Crippen molar-refractivity contribution in [3.63, 3.8) is 0 Å². The minimum atomic E-state index is -0.398. The molecule has 6 nitrogen and oxygen atoms in total. The Bertz CT molecular complexity index is 1960. The molecule has 0 bridgehead atoms. The van der Waals surface area contributed by atoms with Crippen LogP contribution in [0.3, 0.4) is 0 Å². The molecule has 0 aliphatic heterocycles. The maximum Gasteiger partial charge on any atom is 0.277 e. The molecule has 2 heterocycles. The minimum absolute atomic E-state index is 0.194. The number of halogens is 2. The molecule has 0 saturated heterocycles. The lowest BCUT2D eigenvalue weighted by molar-refractivity contribution is -0.123. The Kier molecular flexibility index (Phi) is 7.95. The highest BCUT2D eigenvalue weighted by atomic mass is 79.9. The molecule has 8 heteroatoms. The number of fused-ring (bicyclic) bond motifs is 2. The predicted molar refractivity (Wildman–Crippen MR) is 173 cm³/mol. The first kappa shape index (κ1) is 27.6. The molecule has 0 unspecified atom stereocenters. The third kappa shape index (κ3) is 6.17. The molecule has 0 atom stereocenters. The summed E-state index contributed by atoms with van der Waals surface area (Å²) in [5, 5.41) is 6.34. The number of hydrogen-bond acceptors (Lipinski definition) is 5. The summed E-state index contributed by atoms with van der Waals surface area (Å²) in [6.07, 6.45) is 1.47. The Labute approximate surface area is 256 Å². The van der Waals surface area contributed by atoms with Crippen molar-refractivity contribution in [3.8, 4) is 28.1 Å². The number of benzene rings is 4. The maximum atomic E-state index is 12.3. The topological polar surface area (TPSA) is 76.5 Å². The quantitative estimate of drug-likeness (QED) is 0.109. The highest BCUT2D eigenvalue weighted by Crippen LogP contribution is 2.34. The third-order valence-electron chi connectivity index (χ3n) is 6.72. The summed E-state index contributed by atoms with van der Waals surface area (Å²) in [7, 11) is 0. The molecular formula is C34H24BrClN4O2. The van der Waals surface area contributed by atoms with Crippen molar-refractivity contribution in [1.29, 1.82) is 0 Å². The fourth-order valence-corrected chi connectivity index (χ4v) is 5.20. The van der Waals surface area contributed by atoms with Crippen LogP contribution in [0.5, 0.6) is 5.75 Å². The summed E-state index contributed by atoms with van der Waals surface area (Å²) in [6, 6.07) is 33.8. The van der Waals surface area contributed by atoms with Crippen molar-refractivity contribution in [2.75, 3.05) is 6.61 Å². The number of nitrogens with zero attached hydrogens (tertiary/aromatic N) is 3. The second-order valence-corrected chi connectivity index (χ2v) is 11.0. The largest absolute Gasteiger partial charge is 0.484 e. The number of carbonyl (C=O) groups is 1. The second kappa shape index (κ2) is 12.1. The number of rotatable bonds is 7. The van der Waals surface area contributed by atoms with Gasteiger partial charge in [0, 0.05) is 26.4 Å². The molecule has 206 valence electrons. The van der Waals surface area contributed by atoms with Gasteiger partial charge in [-0.15, -0.1) is 0 Å². The zero-order valence-electron chi connectivity index (χ0n) is 22.5. The van der Waals surface area contributed by atoms with E-state index < -0.39 is 5.91 Å². The first-order valence-corrected chi connectivity index (χ1v) is 14.4. The molecule has 1 N–H and O–H groups in total. The fraction of sp³-hybridized carbons (Fsp3) is 0.0588. The van der Waals surface area contributed by atoms with Crippen LogP contribution in [0.4, 0.5) is 0 Å². The first-order chi connectivity index (χ1) is 20.4. The van der Waals surface area contributed by atoms with Gasteiger partial charge in [-0.25, -0.2) is 15.4 Å². The van der Waals surface area contributed by atoms with Crippen molar-refractivity contribution in [3.05, 3.63) is 124 Å². The SMILES string of the molecule is Cc1ccc2cc(C=NNC(=O)COc3ccc(-c4cc(-c5ccccc5)c5cc(Br)ccc5n4)cc3)c(Cl)nc2c1. The molecule has 0 saturated carbocycles. The number of amides is 1. The molecule has 42 heavy (non-hydrogen) atoms. The molecule has 0 aliphatic rings. The van der Waals surface area contributed by atoms with Gasteiger partial charge in [0.1, 0.15) is 10.9 Å². The molecule has 0 spiro atoms. The van der Waals surface area contributed by atoms with E-state index in [9.17, 15) is 4.79 Å². The van der Waals surface area contributed by atoms with E-state index in [0.717, 1.165) is 54.2 Å². The second-order valence-electron chi connectivity index (χ2n) is 9.75. The van der Waals surface area contributed by atoms with E-state index in [-0.39, 0.29) is 6.61 Å². The first-order valence-electron chi connectivity index (χ1n) is 13.2. The van der Waals surface area contributed by atoms with Crippen LogP contribution >= 0.6 is 27.5 Å². The van der Waals surface area contributed by atoms with Crippen molar-refractivity contribution < 1.29 is 9.53 Å². The van der Waals surface area contributed by atoms with Gasteiger partial charge in [-0.1, -0.05) is 70.0 Å². The van der Waals surface area contributed by atoms with Crippen molar-refractivity contribution in [2.45, 2.75) is 6.92 Å². The molecular weight excluding hydrogens is 612 g/mol. The Morgan fingerprint density at radius 3 is 2.52 bits per heavy atom. The van der Waals surface area contributed by atoms with E-state index in [1.165, 1.54) is 6.21 Å². The highest BCUT2D eigenvalue weighted by Gasteiger charge is 2.11. The van der Waals surface area contributed by atoms with Crippen molar-refractivity contribution in [1.82, 2.24) is 15.4 Å². The van der Waals surface area contributed by atoms with E-state index in [0.29, 0.717) is 16.5 Å². The van der Waals surface area contributed by atoms with Gasteiger partial charge in [-0.3, -0.25) is 4.79 Å². The van der Waals surface area contributed by atoms with Gasteiger partial charge in [0.05, 0.1) is 22.9 Å². The number of nitrogens with one attached hydrogen (secondary N) is 1. The molecule has 6 rings (SSSR count). The lowest BCUT2D eigenvalue weighted by Crippen LogP contribution is -2.24. The standard InChI is InChI=1S/C34H24BrClN4O2/c1-21-7-8-24-16-25(34(36)39-31(24)15-21)19-37-40-33(41)20-42-27-12-9-23(10-13-27)32-18-28(22-5-3-2-4-6-22)29-17-26(35)11-14-30(29)38-32/h2-19H,20H2,1H3,(H,40,41). The van der Waals surface area contributed by atoms with Crippen LogP contribution in [0.25, 0.3) is 44.2 Å². The van der Waals surface area contributed by atoms with Crippen LogP contribution in [0.2, 0.25) is 5.15 Å². The average Bonchev–Trinajstić information content (AvgIpc) is 3.00. The Hall–Kier alpha value is -4.59. The Balaban J connectivity index is 1.12. The van der Waals surface area contributed by atoms with E-state index in [1.54, 1.807) is 0 Å². The molecule has 1 amide bonds. The summed E-state index contributed by atoms with van der Waals surface area (Å²) >= 11 is 9.88. The maximum absolute atomic E-state index is 12.3. The zero-order chi connectivity index (χ0) is 29.1. The van der Waals surface area contributed by atoms with Crippen LogP contribution < -0.4 is 10.2 Å². The minimum Gasteiger partial charge on any atom is -0.484 e. The van der Waals surface area contributed by atoms with Crippen molar-refractivity contribution in [2.24, 2.45) is 5.10 Å². The Morgan fingerprint density at radius 1 is 0.905 bits per heavy atom. The van der Waals surface area contributed by atoms with Gasteiger partial charge in [-0.2, -0.15) is 5.10 Å². The summed E-state index contributed by atoms with van der Waals surface area (Å²) < 4.78 is 6.68. The number of carbonyl (C=O) groups excluding carboxylic acids is 1. The van der Waals surface area contributed by atoms with Gasteiger partial charge < -0.3 is 4.74 Å². The number of aryl methyl sites for hydroxylation is 1.